The number of benzene rings is 1. The number of carboxylic acid groups (broad SMARTS) is 1. The fourth-order valence-electron chi connectivity index (χ4n) is 9.62. The summed E-state index contributed by atoms with van der Waals surface area (Å²) >= 11 is 0. The number of rotatable bonds is 8. The van der Waals surface area contributed by atoms with E-state index in [-0.39, 0.29) is 6.10 Å². The van der Waals surface area contributed by atoms with Gasteiger partial charge in [-0.3, -0.25) is 4.79 Å². The molecule has 4 heteroatoms. The Morgan fingerprint density at radius 2 is 1.73 bits per heavy atom. The Balaban J connectivity index is 0.000000259. The highest BCUT2D eigenvalue weighted by atomic mass is 16.4. The molecule has 1 aromatic rings. The maximum atomic E-state index is 10.4. The molecule has 0 heterocycles. The van der Waals surface area contributed by atoms with Gasteiger partial charge in [-0.15, -0.1) is 0 Å². The molecule has 1 aromatic carbocycles. The first kappa shape index (κ1) is 31.3. The van der Waals surface area contributed by atoms with Crippen molar-refractivity contribution in [3.63, 3.8) is 0 Å². The number of aliphatic carboxylic acids is 1. The van der Waals surface area contributed by atoms with Crippen molar-refractivity contribution in [3.8, 4) is 0 Å². The topological polar surface area (TPSA) is 83.5 Å². The van der Waals surface area contributed by atoms with Crippen LogP contribution in [0.4, 0.5) is 0 Å². The number of hydrogen-bond acceptors (Lipinski definition) is 3. The maximum Gasteiger partial charge on any atom is 0.320 e. The van der Waals surface area contributed by atoms with Gasteiger partial charge >= 0.3 is 5.97 Å². The Hall–Kier alpha value is -1.65. The van der Waals surface area contributed by atoms with Crippen LogP contribution in [0.5, 0.6) is 0 Å². The molecule has 4 aliphatic rings. The van der Waals surface area contributed by atoms with Gasteiger partial charge in [-0.05, 0) is 110 Å². The molecule has 0 spiro atoms. The fourth-order valence-corrected chi connectivity index (χ4v) is 9.62. The zero-order chi connectivity index (χ0) is 29.1. The molecule has 4 aliphatic carbocycles. The zero-order valence-corrected chi connectivity index (χ0v) is 25.9. The number of aliphatic hydroxyl groups is 1. The van der Waals surface area contributed by atoms with E-state index in [4.69, 9.17) is 10.8 Å². The van der Waals surface area contributed by atoms with E-state index in [1.165, 1.54) is 57.8 Å². The summed E-state index contributed by atoms with van der Waals surface area (Å²) in [5.41, 5.74) is 8.90. The number of carboxylic acids is 1. The number of carbonyl (C=O) groups is 1. The maximum absolute atomic E-state index is 10.4. The van der Waals surface area contributed by atoms with Crippen molar-refractivity contribution in [1.29, 1.82) is 0 Å². The summed E-state index contributed by atoms with van der Waals surface area (Å²) in [6.45, 7) is 12.6. The normalized spacial score (nSPS) is 36.3. The van der Waals surface area contributed by atoms with Crippen LogP contribution in [0.15, 0.2) is 42.0 Å². The number of allylic oxidation sites excluding steroid dienone is 1. The first-order valence-electron chi connectivity index (χ1n) is 16.4. The van der Waals surface area contributed by atoms with Gasteiger partial charge in [0.1, 0.15) is 6.04 Å². The third-order valence-electron chi connectivity index (χ3n) is 11.9. The van der Waals surface area contributed by atoms with Crippen molar-refractivity contribution in [1.82, 2.24) is 0 Å². The summed E-state index contributed by atoms with van der Waals surface area (Å²) < 4.78 is 0. The van der Waals surface area contributed by atoms with E-state index in [0.717, 1.165) is 53.9 Å². The quantitative estimate of drug-likeness (QED) is 0.286. The number of fused-ring (bicyclic) bond motifs is 5. The van der Waals surface area contributed by atoms with Crippen LogP contribution in [0.1, 0.15) is 111 Å². The van der Waals surface area contributed by atoms with Crippen molar-refractivity contribution in [2.24, 2.45) is 52.1 Å². The van der Waals surface area contributed by atoms with Crippen LogP contribution in [-0.4, -0.2) is 28.3 Å². The molecule has 5 rings (SSSR count). The summed E-state index contributed by atoms with van der Waals surface area (Å²) in [6.07, 6.45) is 17.5. The second-order valence-electron chi connectivity index (χ2n) is 14.8. The molecule has 9 atom stereocenters. The van der Waals surface area contributed by atoms with Gasteiger partial charge in [0.05, 0.1) is 6.10 Å². The van der Waals surface area contributed by atoms with Crippen molar-refractivity contribution in [2.45, 2.75) is 124 Å². The molecule has 4 nitrogen and oxygen atoms in total. The third-order valence-corrected chi connectivity index (χ3v) is 11.9. The predicted octanol–water partition coefficient (Wildman–Crippen LogP) is 8.03. The lowest BCUT2D eigenvalue weighted by molar-refractivity contribution is -0.138. The molecule has 0 bridgehead atoms. The molecule has 40 heavy (non-hydrogen) atoms. The number of aliphatic hydroxyl groups excluding tert-OH is 1. The van der Waals surface area contributed by atoms with Crippen molar-refractivity contribution < 1.29 is 15.0 Å². The van der Waals surface area contributed by atoms with E-state index in [1.807, 2.05) is 30.3 Å². The molecule has 0 aliphatic heterocycles. The summed E-state index contributed by atoms with van der Waals surface area (Å²) in [7, 11) is 0. The highest BCUT2D eigenvalue weighted by molar-refractivity contribution is 5.73. The summed E-state index contributed by atoms with van der Waals surface area (Å²) in [4.78, 5) is 10.4. The van der Waals surface area contributed by atoms with Crippen LogP contribution >= 0.6 is 0 Å². The number of nitrogens with two attached hydrogens (primary N) is 1. The lowest BCUT2D eigenvalue weighted by Gasteiger charge is -2.58. The van der Waals surface area contributed by atoms with Crippen molar-refractivity contribution >= 4 is 5.97 Å². The second kappa shape index (κ2) is 13.1. The Morgan fingerprint density at radius 1 is 1.00 bits per heavy atom. The highest BCUT2D eigenvalue weighted by Crippen LogP contribution is 2.67. The highest BCUT2D eigenvalue weighted by Gasteiger charge is 2.59. The minimum Gasteiger partial charge on any atom is -0.480 e. The van der Waals surface area contributed by atoms with E-state index in [0.29, 0.717) is 17.3 Å². The average Bonchev–Trinajstić information content (AvgIpc) is 3.27. The van der Waals surface area contributed by atoms with E-state index >= 15 is 0 Å². The lowest BCUT2D eigenvalue weighted by Crippen LogP contribution is -2.50. The average molecular weight is 552 g/mol. The van der Waals surface area contributed by atoms with Gasteiger partial charge in [0, 0.05) is 0 Å². The molecule has 0 aromatic heterocycles. The van der Waals surface area contributed by atoms with Gasteiger partial charge < -0.3 is 15.9 Å². The van der Waals surface area contributed by atoms with Crippen LogP contribution in [0.2, 0.25) is 0 Å². The Morgan fingerprint density at radius 3 is 2.40 bits per heavy atom. The zero-order valence-electron chi connectivity index (χ0n) is 25.9. The lowest BCUT2D eigenvalue weighted by atomic mass is 9.47. The molecular weight excluding hydrogens is 494 g/mol. The smallest absolute Gasteiger partial charge is 0.320 e. The molecule has 224 valence electrons. The molecule has 4 N–H and O–H groups in total. The van der Waals surface area contributed by atoms with Crippen LogP contribution in [0, 0.1) is 46.3 Å². The van der Waals surface area contributed by atoms with Gasteiger partial charge in [-0.1, -0.05) is 95.9 Å². The van der Waals surface area contributed by atoms with E-state index in [1.54, 1.807) is 5.57 Å². The van der Waals surface area contributed by atoms with Crippen LogP contribution in [0.25, 0.3) is 0 Å². The Kier molecular flexibility index (Phi) is 10.3. The van der Waals surface area contributed by atoms with Gasteiger partial charge in [0.25, 0.3) is 0 Å². The Labute approximate surface area is 244 Å². The van der Waals surface area contributed by atoms with Crippen molar-refractivity contribution in [3.05, 3.63) is 47.5 Å². The van der Waals surface area contributed by atoms with Crippen LogP contribution < -0.4 is 5.73 Å². The first-order valence-corrected chi connectivity index (χ1v) is 16.4. The van der Waals surface area contributed by atoms with Gasteiger partial charge in [-0.25, -0.2) is 0 Å². The van der Waals surface area contributed by atoms with Crippen molar-refractivity contribution in [2.75, 3.05) is 0 Å². The second-order valence-corrected chi connectivity index (χ2v) is 14.8. The third kappa shape index (κ3) is 6.70. The van der Waals surface area contributed by atoms with E-state index < -0.39 is 12.0 Å². The Bertz CT molecular complexity index is 1000. The number of hydrogen-bond donors (Lipinski definition) is 3. The van der Waals surface area contributed by atoms with E-state index in [9.17, 15) is 9.90 Å². The van der Waals surface area contributed by atoms with Gasteiger partial charge in [0.15, 0.2) is 0 Å². The molecule has 0 radical (unpaired) electrons. The monoisotopic (exact) mass is 551 g/mol. The largest absolute Gasteiger partial charge is 0.480 e. The van der Waals surface area contributed by atoms with Gasteiger partial charge in [-0.2, -0.15) is 0 Å². The fraction of sp³-hybridized carbons (Fsp3) is 0.750. The van der Waals surface area contributed by atoms with Crippen LogP contribution in [0.3, 0.4) is 0 Å². The minimum absolute atomic E-state index is 0.0766. The standard InChI is InChI=1S/C27H46O.C9H11NO2/c1-18(2)7-6-8-19(3)23-11-12-24-22-10-9-20-17-21(28)13-15-26(20,4)25(22)14-16-27(23,24)5;10-8(9(11)12)6-7-4-2-1-3-5-7/h9,18-19,21-25,28H,6-8,10-17H2,1-5H3;1-5,8H,6,10H2,(H,11,12)/t19?,21-,22-,23+,24-,25-,26-,27+;/m0./s1. The molecule has 2 unspecified atom stereocenters. The summed E-state index contributed by atoms with van der Waals surface area (Å²) in [6, 6.07) is 8.54. The molecule has 3 saturated carbocycles. The molecule has 3 fully saturated rings. The minimum atomic E-state index is -0.959. The molecular formula is C36H57NO3. The van der Waals surface area contributed by atoms with Crippen LogP contribution in [-0.2, 0) is 11.2 Å². The van der Waals surface area contributed by atoms with Gasteiger partial charge in [0.2, 0.25) is 0 Å². The predicted molar refractivity (Wildman–Crippen MR) is 165 cm³/mol. The molecule has 0 amide bonds. The van der Waals surface area contributed by atoms with E-state index in [2.05, 4.69) is 40.7 Å². The first-order chi connectivity index (χ1) is 19.0. The SMILES string of the molecule is CC(C)CCCC(C)[C@H]1CC[C@H]2[C@@H]3CC=C4C[C@@H](O)CC[C@]4(C)[C@H]3CC[C@]12C.NC(Cc1ccccc1)C(=O)O. The summed E-state index contributed by atoms with van der Waals surface area (Å²) in [5.74, 6) is 4.50. The molecule has 0 saturated heterocycles. The summed E-state index contributed by atoms with van der Waals surface area (Å²) in [5, 5.41) is 18.7.